The lowest BCUT2D eigenvalue weighted by atomic mass is 10.0. The number of benzene rings is 3. The monoisotopic (exact) mass is 512 g/mol. The van der Waals surface area contributed by atoms with Crippen LogP contribution < -0.4 is 15.2 Å². The highest BCUT2D eigenvalue weighted by molar-refractivity contribution is 5.65. The van der Waals surface area contributed by atoms with Gasteiger partial charge in [0.2, 0.25) is 0 Å². The number of hydrogen-bond donors (Lipinski definition) is 0. The van der Waals surface area contributed by atoms with Crippen LogP contribution in [0, 0.1) is 10.1 Å². The maximum absolute atomic E-state index is 13.8. The Labute approximate surface area is 220 Å². The van der Waals surface area contributed by atoms with Crippen molar-refractivity contribution in [2.45, 2.75) is 12.8 Å². The van der Waals surface area contributed by atoms with E-state index in [9.17, 15) is 14.9 Å². The summed E-state index contributed by atoms with van der Waals surface area (Å²) in [5.41, 5.74) is 3.23. The molecule has 0 atom stereocenters. The summed E-state index contributed by atoms with van der Waals surface area (Å²) in [5, 5.41) is 16.7. The number of aryl methyl sites for hydroxylation is 2. The number of morpholine rings is 1. The standard InChI is InChI=1S/C29H28N4O5/c1-37-25-9-5-8-22(18-25)26-19-23(11-10-21-6-3-2-4-7-21)29(34)32(30-26)28-20-24(12-13-27(28)33(35)36)31-14-16-38-17-15-31/h2-9,12-13,18-20H,10-11,14-17H2,1H3. The minimum absolute atomic E-state index is 0.134. The highest BCUT2D eigenvalue weighted by atomic mass is 16.6. The second-order valence-corrected chi connectivity index (χ2v) is 9.02. The molecule has 0 amide bonds. The van der Waals surface area contributed by atoms with Crippen molar-refractivity contribution in [3.05, 3.63) is 110 Å². The molecule has 2 heterocycles. The summed E-state index contributed by atoms with van der Waals surface area (Å²) >= 11 is 0. The Kier molecular flexibility index (Phi) is 7.46. The highest BCUT2D eigenvalue weighted by Crippen LogP contribution is 2.29. The van der Waals surface area contributed by atoms with Crippen LogP contribution in [0.1, 0.15) is 11.1 Å². The molecule has 1 aliphatic rings. The molecule has 1 aromatic heterocycles. The van der Waals surface area contributed by atoms with Gasteiger partial charge in [-0.25, -0.2) is 0 Å². The fourth-order valence-electron chi connectivity index (χ4n) is 4.59. The first-order chi connectivity index (χ1) is 18.5. The molecule has 3 aromatic carbocycles. The topological polar surface area (TPSA) is 99.7 Å². The highest BCUT2D eigenvalue weighted by Gasteiger charge is 2.23. The lowest BCUT2D eigenvalue weighted by molar-refractivity contribution is -0.384. The number of nitrogens with zero attached hydrogens (tertiary/aromatic N) is 4. The number of ether oxygens (including phenoxy) is 2. The van der Waals surface area contributed by atoms with E-state index in [0.717, 1.165) is 16.8 Å². The number of methoxy groups -OCH3 is 1. The van der Waals surface area contributed by atoms with Gasteiger partial charge >= 0.3 is 0 Å². The molecule has 5 rings (SSSR count). The molecule has 1 aliphatic heterocycles. The second kappa shape index (κ2) is 11.3. The first-order valence-corrected chi connectivity index (χ1v) is 12.5. The Balaban J connectivity index is 1.66. The SMILES string of the molecule is COc1cccc(-c2cc(CCc3ccccc3)c(=O)n(-c3cc(N4CCOCC4)ccc3[N+](=O)[O-])n2)c1. The lowest BCUT2D eigenvalue weighted by Gasteiger charge is -2.29. The lowest BCUT2D eigenvalue weighted by Crippen LogP contribution is -2.36. The van der Waals surface area contributed by atoms with Gasteiger partial charge in [0.05, 0.1) is 30.9 Å². The number of anilines is 1. The first-order valence-electron chi connectivity index (χ1n) is 12.5. The average Bonchev–Trinajstić information content (AvgIpc) is 2.97. The zero-order valence-corrected chi connectivity index (χ0v) is 21.1. The van der Waals surface area contributed by atoms with Crippen molar-refractivity contribution in [3.63, 3.8) is 0 Å². The first kappa shape index (κ1) is 25.2. The van der Waals surface area contributed by atoms with E-state index in [1.54, 1.807) is 25.3 Å². The Morgan fingerprint density at radius 1 is 0.974 bits per heavy atom. The fraction of sp³-hybridized carbons (Fsp3) is 0.241. The molecule has 0 radical (unpaired) electrons. The third kappa shape index (κ3) is 5.42. The van der Waals surface area contributed by atoms with E-state index in [0.29, 0.717) is 56.2 Å². The molecule has 4 aromatic rings. The number of nitro benzene ring substituents is 1. The Morgan fingerprint density at radius 3 is 2.50 bits per heavy atom. The third-order valence-corrected chi connectivity index (χ3v) is 6.64. The predicted molar refractivity (Wildman–Crippen MR) is 145 cm³/mol. The van der Waals surface area contributed by atoms with Crippen LogP contribution in [0.5, 0.6) is 5.75 Å². The summed E-state index contributed by atoms with van der Waals surface area (Å²) in [4.78, 5) is 27.4. The third-order valence-electron chi connectivity index (χ3n) is 6.64. The van der Waals surface area contributed by atoms with Crippen LogP contribution in [0.25, 0.3) is 16.9 Å². The van der Waals surface area contributed by atoms with Gasteiger partial charge in [0.15, 0.2) is 0 Å². The molecule has 0 saturated carbocycles. The average molecular weight is 513 g/mol. The second-order valence-electron chi connectivity index (χ2n) is 9.02. The van der Waals surface area contributed by atoms with Gasteiger partial charge in [0.25, 0.3) is 11.2 Å². The summed E-state index contributed by atoms with van der Waals surface area (Å²) in [5.74, 6) is 0.646. The largest absolute Gasteiger partial charge is 0.497 e. The molecule has 1 fully saturated rings. The molecule has 9 nitrogen and oxygen atoms in total. The van der Waals surface area contributed by atoms with Gasteiger partial charge in [-0.2, -0.15) is 9.78 Å². The van der Waals surface area contributed by atoms with E-state index in [2.05, 4.69) is 10.00 Å². The fourth-order valence-corrected chi connectivity index (χ4v) is 4.59. The van der Waals surface area contributed by atoms with Crippen LogP contribution in [0.2, 0.25) is 0 Å². The van der Waals surface area contributed by atoms with Gasteiger partial charge in [0, 0.05) is 36.0 Å². The van der Waals surface area contributed by atoms with E-state index >= 15 is 0 Å². The summed E-state index contributed by atoms with van der Waals surface area (Å²) in [6, 6.07) is 23.9. The van der Waals surface area contributed by atoms with E-state index in [1.165, 1.54) is 10.7 Å². The van der Waals surface area contributed by atoms with E-state index in [1.807, 2.05) is 54.6 Å². The van der Waals surface area contributed by atoms with Crippen LogP contribution in [-0.4, -0.2) is 48.1 Å². The quantitative estimate of drug-likeness (QED) is 0.254. The number of rotatable bonds is 8. The Bertz CT molecular complexity index is 1500. The molecular weight excluding hydrogens is 484 g/mol. The smallest absolute Gasteiger partial charge is 0.295 e. The van der Waals surface area contributed by atoms with Crippen LogP contribution in [0.4, 0.5) is 11.4 Å². The molecule has 0 spiro atoms. The minimum atomic E-state index is -0.478. The minimum Gasteiger partial charge on any atom is -0.497 e. The van der Waals surface area contributed by atoms with Gasteiger partial charge in [-0.3, -0.25) is 14.9 Å². The zero-order valence-electron chi connectivity index (χ0n) is 21.1. The Hall–Kier alpha value is -4.50. The molecule has 1 saturated heterocycles. The number of hydrogen-bond acceptors (Lipinski definition) is 7. The van der Waals surface area contributed by atoms with Gasteiger partial charge in [-0.15, -0.1) is 0 Å². The van der Waals surface area contributed by atoms with E-state index in [4.69, 9.17) is 9.47 Å². The summed E-state index contributed by atoms with van der Waals surface area (Å²) in [6.07, 6.45) is 1.10. The zero-order chi connectivity index (χ0) is 26.5. The van der Waals surface area contributed by atoms with Crippen molar-refractivity contribution in [3.8, 4) is 22.7 Å². The molecule has 9 heteroatoms. The van der Waals surface area contributed by atoms with Crippen molar-refractivity contribution in [1.82, 2.24) is 9.78 Å². The van der Waals surface area contributed by atoms with Gasteiger partial charge < -0.3 is 14.4 Å². The maximum atomic E-state index is 13.8. The number of aromatic nitrogens is 2. The summed E-state index contributed by atoms with van der Waals surface area (Å²) < 4.78 is 12.0. The molecule has 194 valence electrons. The van der Waals surface area contributed by atoms with Crippen molar-refractivity contribution in [2.75, 3.05) is 38.3 Å². The van der Waals surface area contributed by atoms with Crippen molar-refractivity contribution >= 4 is 11.4 Å². The summed E-state index contributed by atoms with van der Waals surface area (Å²) in [7, 11) is 1.58. The predicted octanol–water partition coefficient (Wildman–Crippen LogP) is 4.44. The molecule has 0 bridgehead atoms. The van der Waals surface area contributed by atoms with Crippen LogP contribution >= 0.6 is 0 Å². The molecule has 0 N–H and O–H groups in total. The number of nitro groups is 1. The molecule has 0 aliphatic carbocycles. The van der Waals surface area contributed by atoms with Crippen LogP contribution in [0.15, 0.2) is 83.7 Å². The van der Waals surface area contributed by atoms with Gasteiger partial charge in [-0.1, -0.05) is 42.5 Å². The molecule has 38 heavy (non-hydrogen) atoms. The van der Waals surface area contributed by atoms with Crippen LogP contribution in [0.3, 0.4) is 0 Å². The normalized spacial score (nSPS) is 13.3. The molecular formula is C29H28N4O5. The van der Waals surface area contributed by atoms with Gasteiger partial charge in [0.1, 0.15) is 11.4 Å². The van der Waals surface area contributed by atoms with Crippen molar-refractivity contribution in [1.29, 1.82) is 0 Å². The van der Waals surface area contributed by atoms with Crippen LogP contribution in [-0.2, 0) is 17.6 Å². The van der Waals surface area contributed by atoms with Gasteiger partial charge in [-0.05, 0) is 48.7 Å². The van der Waals surface area contributed by atoms with E-state index < -0.39 is 4.92 Å². The Morgan fingerprint density at radius 2 is 1.76 bits per heavy atom. The maximum Gasteiger partial charge on any atom is 0.295 e. The molecule has 0 unspecified atom stereocenters. The van der Waals surface area contributed by atoms with E-state index in [-0.39, 0.29) is 16.9 Å². The van der Waals surface area contributed by atoms with Crippen molar-refractivity contribution in [2.24, 2.45) is 0 Å². The van der Waals surface area contributed by atoms with Crippen molar-refractivity contribution < 1.29 is 14.4 Å². The summed E-state index contributed by atoms with van der Waals surface area (Å²) in [6.45, 7) is 2.45.